The number of carbonyl (C=O) groups excluding carboxylic acids is 5. The number of hydrogen-bond donors (Lipinski definition) is 8. The minimum Gasteiger partial charge on any atom is -0.481 e. The second kappa shape index (κ2) is 14.8. The molecule has 15 heteroatoms. The maximum Gasteiger partial charge on any atom is 0.305 e. The number of aliphatic carboxylic acids is 1. The third-order valence-electron chi connectivity index (χ3n) is 5.39. The predicted molar refractivity (Wildman–Crippen MR) is 134 cm³/mol. The normalized spacial score (nSPS) is 21.4. The Morgan fingerprint density at radius 2 is 1.42 bits per heavy atom. The summed E-state index contributed by atoms with van der Waals surface area (Å²) in [5, 5.41) is 21.2. The van der Waals surface area contributed by atoms with E-state index in [9.17, 15) is 33.9 Å². The Balaban J connectivity index is 2.27. The van der Waals surface area contributed by atoms with Gasteiger partial charge in [0.05, 0.1) is 19.5 Å². The first kappa shape index (κ1) is 29.5. The van der Waals surface area contributed by atoms with Crippen molar-refractivity contribution in [1.29, 1.82) is 0 Å². The molecule has 0 spiro atoms. The van der Waals surface area contributed by atoms with Crippen molar-refractivity contribution < 1.29 is 33.9 Å². The van der Waals surface area contributed by atoms with E-state index in [-0.39, 0.29) is 25.3 Å². The average Bonchev–Trinajstić information content (AvgIpc) is 2.86. The smallest absolute Gasteiger partial charge is 0.305 e. The summed E-state index contributed by atoms with van der Waals surface area (Å²) in [5.41, 5.74) is 11.3. The molecule has 206 valence electrons. The van der Waals surface area contributed by atoms with Gasteiger partial charge < -0.3 is 43.2 Å². The van der Waals surface area contributed by atoms with Crippen LogP contribution in [0.25, 0.3) is 0 Å². The van der Waals surface area contributed by atoms with Gasteiger partial charge in [-0.1, -0.05) is 30.3 Å². The Bertz CT molecular complexity index is 1060. The van der Waals surface area contributed by atoms with Crippen molar-refractivity contribution in [2.24, 2.45) is 16.5 Å². The van der Waals surface area contributed by atoms with Crippen molar-refractivity contribution in [3.05, 3.63) is 35.9 Å². The number of carboxylic acid groups (broad SMARTS) is 1. The van der Waals surface area contributed by atoms with Gasteiger partial charge in [0.2, 0.25) is 29.5 Å². The summed E-state index contributed by atoms with van der Waals surface area (Å²) in [6, 6.07) is 4.89. The van der Waals surface area contributed by atoms with Crippen molar-refractivity contribution in [2.75, 3.05) is 19.6 Å². The molecule has 0 aromatic heterocycles. The number of carbonyl (C=O) groups is 6. The zero-order valence-corrected chi connectivity index (χ0v) is 20.6. The van der Waals surface area contributed by atoms with Crippen LogP contribution in [0.15, 0.2) is 35.3 Å². The second-order valence-electron chi connectivity index (χ2n) is 8.47. The first-order valence-electron chi connectivity index (χ1n) is 11.8. The molecule has 1 heterocycles. The average molecular weight is 533 g/mol. The van der Waals surface area contributed by atoms with Gasteiger partial charge in [-0.15, -0.1) is 0 Å². The summed E-state index contributed by atoms with van der Waals surface area (Å²) in [7, 11) is 0. The number of nitrogens with two attached hydrogens (primary N) is 2. The van der Waals surface area contributed by atoms with Gasteiger partial charge in [-0.2, -0.15) is 0 Å². The van der Waals surface area contributed by atoms with Gasteiger partial charge in [-0.3, -0.25) is 33.8 Å². The van der Waals surface area contributed by atoms with Crippen LogP contribution >= 0.6 is 0 Å². The minimum absolute atomic E-state index is 0.0290. The van der Waals surface area contributed by atoms with Crippen molar-refractivity contribution >= 4 is 41.5 Å². The maximum absolute atomic E-state index is 12.9. The van der Waals surface area contributed by atoms with Gasteiger partial charge in [-0.25, -0.2) is 0 Å². The molecule has 1 aliphatic heterocycles. The molecule has 38 heavy (non-hydrogen) atoms. The molecule has 10 N–H and O–H groups in total. The van der Waals surface area contributed by atoms with E-state index in [1.165, 1.54) is 0 Å². The molecular weight excluding hydrogens is 500 g/mol. The standard InChI is InChI=1S/C23H32N8O7/c24-23(25)26-8-4-7-14-20(36)27-12-18(33)30-16(10-19(34)35)22(38)31-15(9-13-5-2-1-3-6-13)21(37)28-11-17(32)29-14/h1-3,5-6,14-16H,4,7-12H2,(H,27,36)(H,28,37)(H,29,32)(H,30,33)(H,31,38)(H,34,35)(H4,24,25,26). The van der Waals surface area contributed by atoms with Crippen LogP contribution in [-0.2, 0) is 35.2 Å². The zero-order valence-electron chi connectivity index (χ0n) is 20.6. The van der Waals surface area contributed by atoms with Gasteiger partial charge in [-0.05, 0) is 18.4 Å². The zero-order chi connectivity index (χ0) is 28.1. The maximum atomic E-state index is 12.9. The molecule has 0 bridgehead atoms. The van der Waals surface area contributed by atoms with E-state index in [1.54, 1.807) is 30.3 Å². The van der Waals surface area contributed by atoms with Crippen LogP contribution in [0.2, 0.25) is 0 Å². The summed E-state index contributed by atoms with van der Waals surface area (Å²) in [6.45, 7) is -0.911. The lowest BCUT2D eigenvalue weighted by atomic mass is 10.0. The fourth-order valence-corrected chi connectivity index (χ4v) is 3.56. The van der Waals surface area contributed by atoms with E-state index in [4.69, 9.17) is 11.5 Å². The number of benzene rings is 1. The summed E-state index contributed by atoms with van der Waals surface area (Å²) in [5.74, 6) is -5.38. The van der Waals surface area contributed by atoms with Gasteiger partial charge >= 0.3 is 5.97 Å². The summed E-state index contributed by atoms with van der Waals surface area (Å²) in [4.78, 5) is 78.6. The molecule has 1 saturated heterocycles. The molecule has 2 rings (SSSR count). The highest BCUT2D eigenvalue weighted by Gasteiger charge is 2.30. The fourth-order valence-electron chi connectivity index (χ4n) is 3.56. The molecule has 3 atom stereocenters. The predicted octanol–water partition coefficient (Wildman–Crippen LogP) is -3.54. The van der Waals surface area contributed by atoms with E-state index >= 15 is 0 Å². The number of hydrogen-bond acceptors (Lipinski definition) is 7. The van der Waals surface area contributed by atoms with Crippen LogP contribution in [0, 0.1) is 0 Å². The number of aliphatic imine (C=N–C) groups is 1. The number of carboxylic acids is 1. The SMILES string of the molecule is NC(N)=NCCCC1NC(=O)CNC(=O)C(Cc2ccccc2)NC(=O)C(CC(=O)O)NC(=O)CNC1=O. The highest BCUT2D eigenvalue weighted by atomic mass is 16.4. The first-order chi connectivity index (χ1) is 18.0. The van der Waals surface area contributed by atoms with E-state index in [0.29, 0.717) is 12.0 Å². The van der Waals surface area contributed by atoms with Gasteiger partial charge in [0.1, 0.15) is 18.1 Å². The Hall–Kier alpha value is -4.69. The minimum atomic E-state index is -1.52. The highest BCUT2D eigenvalue weighted by Crippen LogP contribution is 2.05. The number of guanidine groups is 1. The van der Waals surface area contributed by atoms with E-state index in [2.05, 4.69) is 31.6 Å². The lowest BCUT2D eigenvalue weighted by molar-refractivity contribution is -0.141. The van der Waals surface area contributed by atoms with Gasteiger partial charge in [0.15, 0.2) is 5.96 Å². The van der Waals surface area contributed by atoms with E-state index < -0.39 is 73.1 Å². The number of nitrogens with one attached hydrogen (secondary N) is 5. The third kappa shape index (κ3) is 10.5. The summed E-state index contributed by atoms with van der Waals surface area (Å²) >= 11 is 0. The molecule has 1 fully saturated rings. The molecule has 0 radical (unpaired) electrons. The Kier molecular flexibility index (Phi) is 11.5. The molecule has 15 nitrogen and oxygen atoms in total. The van der Waals surface area contributed by atoms with Gasteiger partial charge in [0.25, 0.3) is 0 Å². The first-order valence-corrected chi connectivity index (χ1v) is 11.8. The molecular formula is C23H32N8O7. The lowest BCUT2D eigenvalue weighted by Gasteiger charge is -2.22. The van der Waals surface area contributed by atoms with Crippen LogP contribution in [0.1, 0.15) is 24.8 Å². The van der Waals surface area contributed by atoms with Crippen LogP contribution in [-0.4, -0.2) is 84.3 Å². The summed E-state index contributed by atoms with van der Waals surface area (Å²) in [6.07, 6.45) is -0.310. The Morgan fingerprint density at radius 1 is 0.842 bits per heavy atom. The van der Waals surface area contributed by atoms with Crippen molar-refractivity contribution in [2.45, 2.75) is 43.8 Å². The lowest BCUT2D eigenvalue weighted by Crippen LogP contribution is -2.56. The largest absolute Gasteiger partial charge is 0.481 e. The molecule has 1 aliphatic rings. The highest BCUT2D eigenvalue weighted by molar-refractivity contribution is 5.97. The number of rotatable bonds is 8. The van der Waals surface area contributed by atoms with Crippen LogP contribution in [0.3, 0.4) is 0 Å². The molecule has 3 unspecified atom stereocenters. The fraction of sp³-hybridized carbons (Fsp3) is 0.435. The van der Waals surface area contributed by atoms with Crippen molar-refractivity contribution in [1.82, 2.24) is 26.6 Å². The van der Waals surface area contributed by atoms with Crippen LogP contribution in [0.5, 0.6) is 0 Å². The van der Waals surface area contributed by atoms with Crippen LogP contribution < -0.4 is 38.1 Å². The molecule has 1 aromatic rings. The molecule has 0 aliphatic carbocycles. The van der Waals surface area contributed by atoms with Crippen LogP contribution in [0.4, 0.5) is 0 Å². The second-order valence-corrected chi connectivity index (χ2v) is 8.47. The molecule has 0 saturated carbocycles. The number of nitrogens with zero attached hydrogens (tertiary/aromatic N) is 1. The van der Waals surface area contributed by atoms with Gasteiger partial charge in [0, 0.05) is 13.0 Å². The van der Waals surface area contributed by atoms with E-state index in [1.807, 2.05) is 0 Å². The molecule has 5 amide bonds. The Morgan fingerprint density at radius 3 is 2.00 bits per heavy atom. The van der Waals surface area contributed by atoms with Crippen molar-refractivity contribution in [3.8, 4) is 0 Å². The topological polar surface area (TPSA) is 247 Å². The van der Waals surface area contributed by atoms with E-state index in [0.717, 1.165) is 0 Å². The number of amides is 5. The Labute approximate surface area is 218 Å². The quantitative estimate of drug-likeness (QED) is 0.0936. The third-order valence-corrected chi connectivity index (χ3v) is 5.39. The summed E-state index contributed by atoms with van der Waals surface area (Å²) < 4.78 is 0. The van der Waals surface area contributed by atoms with Crippen molar-refractivity contribution in [3.63, 3.8) is 0 Å². The monoisotopic (exact) mass is 532 g/mol. The molecule has 1 aromatic carbocycles.